The van der Waals surface area contributed by atoms with Crippen LogP contribution in [0, 0.1) is 23.2 Å². The van der Waals surface area contributed by atoms with Crippen LogP contribution in [0.3, 0.4) is 0 Å². The third kappa shape index (κ3) is 1.53. The highest BCUT2D eigenvalue weighted by molar-refractivity contribution is 5.84. The van der Waals surface area contributed by atoms with Gasteiger partial charge in [0.2, 0.25) is 5.91 Å². The van der Waals surface area contributed by atoms with E-state index in [4.69, 9.17) is 4.74 Å². The molecule has 0 spiro atoms. The first kappa shape index (κ1) is 12.0. The van der Waals surface area contributed by atoms with Gasteiger partial charge in [-0.25, -0.2) is 0 Å². The maximum atomic E-state index is 13.4. The summed E-state index contributed by atoms with van der Waals surface area (Å²) < 4.78 is 5.66. The Kier molecular flexibility index (Phi) is 2.40. The Bertz CT molecular complexity index is 395. The lowest BCUT2D eigenvalue weighted by atomic mass is 9.49. The summed E-state index contributed by atoms with van der Waals surface area (Å²) in [6.07, 6.45) is 10.2. The fourth-order valence-electron chi connectivity index (χ4n) is 6.61. The number of amides is 1. The SMILES string of the molecule is O=C(N1[C@H]2CC[C@H]1COC2)C12CC3CC(CC(C3)C1)C2. The third-order valence-corrected chi connectivity index (χ3v) is 6.97. The van der Waals surface area contributed by atoms with Crippen LogP contribution in [-0.4, -0.2) is 36.1 Å². The minimum Gasteiger partial charge on any atom is -0.377 e. The van der Waals surface area contributed by atoms with Gasteiger partial charge in [0.05, 0.1) is 30.7 Å². The molecule has 4 aliphatic carbocycles. The second-order valence-electron chi connectivity index (χ2n) is 8.33. The van der Waals surface area contributed by atoms with E-state index >= 15 is 0 Å². The van der Waals surface area contributed by atoms with Crippen LogP contribution >= 0.6 is 0 Å². The minimum absolute atomic E-state index is 0.0485. The zero-order valence-electron chi connectivity index (χ0n) is 12.2. The number of morpholine rings is 1. The molecule has 3 nitrogen and oxygen atoms in total. The first-order valence-corrected chi connectivity index (χ1v) is 8.64. The molecule has 0 radical (unpaired) electrons. The lowest BCUT2D eigenvalue weighted by Crippen LogP contribution is -2.59. The van der Waals surface area contributed by atoms with Gasteiger partial charge in [0.1, 0.15) is 0 Å². The zero-order valence-corrected chi connectivity index (χ0v) is 12.2. The third-order valence-electron chi connectivity index (χ3n) is 6.97. The van der Waals surface area contributed by atoms with Crippen LogP contribution in [0.25, 0.3) is 0 Å². The van der Waals surface area contributed by atoms with Crippen molar-refractivity contribution in [1.82, 2.24) is 4.90 Å². The topological polar surface area (TPSA) is 29.5 Å². The molecule has 4 saturated carbocycles. The number of fused-ring (bicyclic) bond motifs is 2. The van der Waals surface area contributed by atoms with Gasteiger partial charge < -0.3 is 9.64 Å². The molecule has 2 atom stereocenters. The number of hydrogen-bond acceptors (Lipinski definition) is 2. The summed E-state index contributed by atoms with van der Waals surface area (Å²) in [6.45, 7) is 1.57. The van der Waals surface area contributed by atoms with Crippen LogP contribution in [0.1, 0.15) is 51.4 Å². The summed E-state index contributed by atoms with van der Waals surface area (Å²) in [7, 11) is 0. The van der Waals surface area contributed by atoms with Crippen molar-refractivity contribution in [3.8, 4) is 0 Å². The van der Waals surface area contributed by atoms with Crippen LogP contribution in [0.15, 0.2) is 0 Å². The van der Waals surface area contributed by atoms with E-state index in [0.29, 0.717) is 18.0 Å². The molecular weight excluding hydrogens is 250 g/mol. The highest BCUT2D eigenvalue weighted by Crippen LogP contribution is 2.61. The molecule has 2 saturated heterocycles. The van der Waals surface area contributed by atoms with Gasteiger partial charge in [-0.05, 0) is 69.1 Å². The van der Waals surface area contributed by atoms with Crippen molar-refractivity contribution in [1.29, 1.82) is 0 Å². The molecule has 6 bridgehead atoms. The summed E-state index contributed by atoms with van der Waals surface area (Å²) in [5, 5.41) is 0. The molecule has 6 aliphatic rings. The monoisotopic (exact) mass is 275 g/mol. The molecule has 1 amide bonds. The van der Waals surface area contributed by atoms with Crippen LogP contribution in [-0.2, 0) is 9.53 Å². The van der Waals surface area contributed by atoms with Crippen molar-refractivity contribution in [3.63, 3.8) is 0 Å². The first-order valence-electron chi connectivity index (χ1n) is 8.64. The first-order chi connectivity index (χ1) is 9.73. The molecule has 2 aliphatic heterocycles. The van der Waals surface area contributed by atoms with E-state index in [1.54, 1.807) is 0 Å². The lowest BCUT2D eigenvalue weighted by molar-refractivity contribution is -0.167. The standard InChI is InChI=1S/C17H25NO2/c19-16(18-14-1-2-15(18)10-20-9-14)17-6-11-3-12(7-17)5-13(4-11)8-17/h11-15H,1-10H2/t11?,12?,13?,14-,15-,17?/m0/s1. The molecule has 0 aromatic carbocycles. The largest absolute Gasteiger partial charge is 0.377 e. The molecular formula is C17H25NO2. The van der Waals surface area contributed by atoms with Gasteiger partial charge in [-0.15, -0.1) is 0 Å². The van der Waals surface area contributed by atoms with E-state index in [9.17, 15) is 4.79 Å². The number of ether oxygens (including phenoxy) is 1. The van der Waals surface area contributed by atoms with E-state index < -0.39 is 0 Å². The Balaban J connectivity index is 1.46. The average molecular weight is 275 g/mol. The maximum Gasteiger partial charge on any atom is 0.229 e. The smallest absolute Gasteiger partial charge is 0.229 e. The second-order valence-corrected chi connectivity index (χ2v) is 8.33. The Labute approximate surface area is 121 Å². The van der Waals surface area contributed by atoms with Crippen molar-refractivity contribution in [3.05, 3.63) is 0 Å². The van der Waals surface area contributed by atoms with Gasteiger partial charge in [-0.2, -0.15) is 0 Å². The normalized spacial score (nSPS) is 52.6. The summed E-state index contributed by atoms with van der Waals surface area (Å²) in [5.74, 6) is 3.13. The number of hydrogen-bond donors (Lipinski definition) is 0. The molecule has 0 aromatic rings. The van der Waals surface area contributed by atoms with E-state index in [1.165, 1.54) is 51.4 Å². The zero-order chi connectivity index (χ0) is 13.3. The Hall–Kier alpha value is -0.570. The summed E-state index contributed by atoms with van der Waals surface area (Å²) >= 11 is 0. The molecule has 6 rings (SSSR count). The molecule has 6 fully saturated rings. The van der Waals surface area contributed by atoms with Crippen LogP contribution in [0.5, 0.6) is 0 Å². The Morgan fingerprint density at radius 2 is 1.40 bits per heavy atom. The summed E-state index contributed by atoms with van der Waals surface area (Å²) in [6, 6.07) is 0.795. The fourth-order valence-corrected chi connectivity index (χ4v) is 6.61. The maximum absolute atomic E-state index is 13.4. The highest BCUT2D eigenvalue weighted by Gasteiger charge is 2.57. The van der Waals surface area contributed by atoms with Gasteiger partial charge in [-0.1, -0.05) is 0 Å². The quantitative estimate of drug-likeness (QED) is 0.736. The summed E-state index contributed by atoms with van der Waals surface area (Å²) in [5.41, 5.74) is 0.0485. The average Bonchev–Trinajstić information content (AvgIpc) is 2.65. The van der Waals surface area contributed by atoms with Gasteiger partial charge >= 0.3 is 0 Å². The summed E-state index contributed by atoms with van der Waals surface area (Å²) in [4.78, 5) is 15.7. The van der Waals surface area contributed by atoms with E-state index in [2.05, 4.69) is 4.90 Å². The predicted octanol–water partition coefficient (Wildman–Crippen LogP) is 2.59. The fraction of sp³-hybridized carbons (Fsp3) is 0.941. The predicted molar refractivity (Wildman–Crippen MR) is 75.1 cm³/mol. The van der Waals surface area contributed by atoms with E-state index in [0.717, 1.165) is 31.0 Å². The van der Waals surface area contributed by atoms with Crippen molar-refractivity contribution in [2.45, 2.75) is 63.5 Å². The molecule has 0 unspecified atom stereocenters. The highest BCUT2D eigenvalue weighted by atomic mass is 16.5. The van der Waals surface area contributed by atoms with Gasteiger partial charge in [0, 0.05) is 0 Å². The van der Waals surface area contributed by atoms with Crippen LogP contribution in [0.4, 0.5) is 0 Å². The molecule has 2 heterocycles. The lowest BCUT2D eigenvalue weighted by Gasteiger charge is -2.57. The van der Waals surface area contributed by atoms with Crippen molar-refractivity contribution >= 4 is 5.91 Å². The van der Waals surface area contributed by atoms with Gasteiger partial charge in [0.15, 0.2) is 0 Å². The van der Waals surface area contributed by atoms with Crippen molar-refractivity contribution in [2.75, 3.05) is 13.2 Å². The Morgan fingerprint density at radius 1 is 0.900 bits per heavy atom. The molecule has 3 heteroatoms. The molecule has 0 aromatic heterocycles. The number of nitrogens with zero attached hydrogens (tertiary/aromatic N) is 1. The van der Waals surface area contributed by atoms with E-state index in [-0.39, 0.29) is 5.41 Å². The molecule has 110 valence electrons. The molecule has 20 heavy (non-hydrogen) atoms. The minimum atomic E-state index is 0.0485. The van der Waals surface area contributed by atoms with Crippen molar-refractivity contribution in [2.24, 2.45) is 23.2 Å². The van der Waals surface area contributed by atoms with Crippen LogP contribution < -0.4 is 0 Å². The number of carbonyl (C=O) groups excluding carboxylic acids is 1. The van der Waals surface area contributed by atoms with Crippen LogP contribution in [0.2, 0.25) is 0 Å². The van der Waals surface area contributed by atoms with E-state index in [1.807, 2.05) is 0 Å². The second kappa shape index (κ2) is 4.00. The Morgan fingerprint density at radius 3 is 1.90 bits per heavy atom. The van der Waals surface area contributed by atoms with Crippen molar-refractivity contribution < 1.29 is 9.53 Å². The number of carbonyl (C=O) groups is 1. The number of rotatable bonds is 1. The molecule has 0 N–H and O–H groups in total. The van der Waals surface area contributed by atoms with Gasteiger partial charge in [0.25, 0.3) is 0 Å². The van der Waals surface area contributed by atoms with Gasteiger partial charge in [-0.3, -0.25) is 4.79 Å².